The minimum absolute atomic E-state index is 0.0696. The Labute approximate surface area is 150 Å². The van der Waals surface area contributed by atoms with Gasteiger partial charge in [-0.3, -0.25) is 9.59 Å². The lowest BCUT2D eigenvalue weighted by molar-refractivity contribution is -0.122. The van der Waals surface area contributed by atoms with E-state index >= 15 is 0 Å². The van der Waals surface area contributed by atoms with Crippen molar-refractivity contribution in [2.24, 2.45) is 0 Å². The highest BCUT2D eigenvalue weighted by atomic mass is 16.5. The number of unbranched alkanes of at least 4 members (excludes halogenated alkanes) is 1. The number of aliphatic hydroxyl groups is 1. The van der Waals surface area contributed by atoms with Crippen molar-refractivity contribution in [3.8, 4) is 12.3 Å². The van der Waals surface area contributed by atoms with Gasteiger partial charge in [0.05, 0.1) is 19.8 Å². The Bertz CT molecular complexity index is 397. The second kappa shape index (κ2) is 15.9. The lowest BCUT2D eigenvalue weighted by atomic mass is 9.85. The van der Waals surface area contributed by atoms with Gasteiger partial charge in [-0.1, -0.05) is 12.8 Å². The number of aliphatic hydroxyl groups excluding tert-OH is 1. The lowest BCUT2D eigenvalue weighted by Gasteiger charge is -2.32. The number of ether oxygens (including phenoxy) is 2. The zero-order valence-electron chi connectivity index (χ0n) is 15.2. The summed E-state index contributed by atoms with van der Waals surface area (Å²) >= 11 is 0. The monoisotopic (exact) mass is 356 g/mol. The second-order valence-electron chi connectivity index (χ2n) is 5.80. The quantitative estimate of drug-likeness (QED) is 0.202. The van der Waals surface area contributed by atoms with Gasteiger partial charge in [0, 0.05) is 25.1 Å². The number of carbonyl (C=O) groups is 2. The number of rotatable bonds is 17. The molecule has 0 saturated carbocycles. The molecule has 0 aliphatic heterocycles. The van der Waals surface area contributed by atoms with Crippen LogP contribution in [0.25, 0.3) is 0 Å². The molecule has 3 N–H and O–H groups in total. The Kier molecular flexibility index (Phi) is 14.9. The van der Waals surface area contributed by atoms with Crippen LogP contribution in [0.5, 0.6) is 0 Å². The van der Waals surface area contributed by atoms with E-state index in [2.05, 4.69) is 16.6 Å². The van der Waals surface area contributed by atoms with E-state index in [-0.39, 0.29) is 24.7 Å². The largest absolute Gasteiger partial charge is 0.396 e. The molecule has 0 rings (SSSR count). The third-order valence-corrected chi connectivity index (χ3v) is 4.06. The number of carbonyl (C=O) groups excluding carboxylic acids is 2. The summed E-state index contributed by atoms with van der Waals surface area (Å²) in [7, 11) is 0. The molecule has 1 unspecified atom stereocenters. The number of terminal acetylenes is 1. The molecule has 0 saturated heterocycles. The smallest absolute Gasteiger partial charge is 0.220 e. The van der Waals surface area contributed by atoms with Crippen LogP contribution in [0, 0.1) is 12.3 Å². The van der Waals surface area contributed by atoms with Crippen LogP contribution >= 0.6 is 0 Å². The van der Waals surface area contributed by atoms with Gasteiger partial charge in [0.15, 0.2) is 0 Å². The molecule has 0 fully saturated rings. The van der Waals surface area contributed by atoms with Crippen LogP contribution in [-0.4, -0.2) is 62.5 Å². The maximum Gasteiger partial charge on any atom is 0.220 e. The summed E-state index contributed by atoms with van der Waals surface area (Å²) in [4.78, 5) is 22.8. The number of nitrogens with one attached hydrogen (secondary N) is 2. The van der Waals surface area contributed by atoms with Crippen LogP contribution in [0.4, 0.5) is 0 Å². The highest BCUT2D eigenvalue weighted by molar-refractivity contribution is 5.76. The minimum atomic E-state index is -0.390. The van der Waals surface area contributed by atoms with E-state index < -0.39 is 0 Å². The van der Waals surface area contributed by atoms with Crippen LogP contribution in [-0.2, 0) is 19.1 Å². The molecule has 0 bridgehead atoms. The van der Waals surface area contributed by atoms with Gasteiger partial charge in [0.25, 0.3) is 0 Å². The first kappa shape index (κ1) is 23.4. The van der Waals surface area contributed by atoms with Crippen LogP contribution in [0.1, 0.15) is 45.4 Å². The average molecular weight is 356 g/mol. The van der Waals surface area contributed by atoms with Crippen LogP contribution in [0.2, 0.25) is 0 Å². The first-order valence-corrected chi connectivity index (χ1v) is 8.82. The molecule has 0 aromatic rings. The topological polar surface area (TPSA) is 96.9 Å². The molecule has 1 atom stereocenters. The van der Waals surface area contributed by atoms with Gasteiger partial charge in [-0.25, -0.2) is 0 Å². The van der Waals surface area contributed by atoms with E-state index in [0.717, 1.165) is 19.3 Å². The van der Waals surface area contributed by atoms with Crippen LogP contribution in [0.3, 0.4) is 0 Å². The van der Waals surface area contributed by atoms with Crippen molar-refractivity contribution in [2.45, 2.75) is 51.0 Å². The molecular weight excluding hydrogens is 324 g/mol. The maximum atomic E-state index is 11.9. The van der Waals surface area contributed by atoms with E-state index in [1.807, 2.05) is 6.92 Å². The summed E-state index contributed by atoms with van der Waals surface area (Å²) in [6.07, 6.45) is 9.63. The molecule has 0 aromatic heterocycles. The number of hydrogen-bond acceptors (Lipinski definition) is 5. The van der Waals surface area contributed by atoms with Crippen molar-refractivity contribution in [1.29, 1.82) is 0 Å². The maximum absolute atomic E-state index is 11.9. The van der Waals surface area contributed by atoms with Gasteiger partial charge >= 0.3 is 0 Å². The molecule has 2 amide bonds. The van der Waals surface area contributed by atoms with Gasteiger partial charge in [-0.2, -0.15) is 0 Å². The van der Waals surface area contributed by atoms with E-state index in [9.17, 15) is 9.59 Å². The summed E-state index contributed by atoms with van der Waals surface area (Å²) in [5, 5.41) is 14.6. The summed E-state index contributed by atoms with van der Waals surface area (Å²) in [6, 6.07) is 0. The van der Waals surface area contributed by atoms with Gasteiger partial charge in [-0.05, 0) is 32.1 Å². The fraction of sp³-hybridized carbons (Fsp3) is 0.778. The number of hydrogen-bond donors (Lipinski definition) is 3. The predicted octanol–water partition coefficient (Wildman–Crippen LogP) is 0.607. The summed E-state index contributed by atoms with van der Waals surface area (Å²) in [5.74, 6) is 2.30. The van der Waals surface area contributed by atoms with E-state index in [1.165, 1.54) is 0 Å². The van der Waals surface area contributed by atoms with Crippen molar-refractivity contribution >= 4 is 12.3 Å². The normalized spacial score (nSPS) is 12.8. The van der Waals surface area contributed by atoms with Crippen molar-refractivity contribution in [3.63, 3.8) is 0 Å². The first-order valence-electron chi connectivity index (χ1n) is 8.82. The third kappa shape index (κ3) is 12.4. The second-order valence-corrected chi connectivity index (χ2v) is 5.80. The molecule has 0 aromatic carbocycles. The molecule has 7 heteroatoms. The number of amides is 2. The Morgan fingerprint density at radius 3 is 2.64 bits per heavy atom. The molecule has 0 aliphatic rings. The molecule has 144 valence electrons. The van der Waals surface area contributed by atoms with Gasteiger partial charge in [0.1, 0.15) is 6.61 Å². The van der Waals surface area contributed by atoms with Crippen LogP contribution < -0.4 is 10.6 Å². The minimum Gasteiger partial charge on any atom is -0.396 e. The molecule has 0 spiro atoms. The van der Waals surface area contributed by atoms with Gasteiger partial charge < -0.3 is 25.2 Å². The van der Waals surface area contributed by atoms with Crippen molar-refractivity contribution < 1.29 is 24.2 Å². The van der Waals surface area contributed by atoms with Crippen LogP contribution in [0.15, 0.2) is 0 Å². The van der Waals surface area contributed by atoms with Gasteiger partial charge in [-0.15, -0.1) is 6.42 Å². The molecule has 0 aliphatic carbocycles. The summed E-state index contributed by atoms with van der Waals surface area (Å²) in [5.41, 5.74) is -0.390. The first-order chi connectivity index (χ1) is 12.1. The fourth-order valence-electron chi connectivity index (χ4n) is 2.48. The van der Waals surface area contributed by atoms with E-state index in [1.54, 1.807) is 0 Å². The third-order valence-electron chi connectivity index (χ3n) is 4.06. The Morgan fingerprint density at radius 1 is 1.24 bits per heavy atom. The zero-order chi connectivity index (χ0) is 18.8. The SMILES string of the molecule is C#CCOCCOCCNC(=O)CCC(CC)(CCCCO)NC=O. The molecular formula is C18H32N2O5. The lowest BCUT2D eigenvalue weighted by Crippen LogP contribution is -2.45. The summed E-state index contributed by atoms with van der Waals surface area (Å²) in [6.45, 7) is 4.10. The highest BCUT2D eigenvalue weighted by Gasteiger charge is 2.27. The van der Waals surface area contributed by atoms with E-state index in [0.29, 0.717) is 52.0 Å². The predicted molar refractivity (Wildman–Crippen MR) is 95.9 cm³/mol. The fourth-order valence-corrected chi connectivity index (χ4v) is 2.48. The zero-order valence-corrected chi connectivity index (χ0v) is 15.2. The van der Waals surface area contributed by atoms with Crippen molar-refractivity contribution in [1.82, 2.24) is 10.6 Å². The average Bonchev–Trinajstić information content (AvgIpc) is 2.62. The Morgan fingerprint density at radius 2 is 2.00 bits per heavy atom. The Hall–Kier alpha value is -1.62. The molecule has 0 radical (unpaired) electrons. The van der Waals surface area contributed by atoms with Crippen molar-refractivity contribution in [3.05, 3.63) is 0 Å². The molecule has 0 heterocycles. The summed E-state index contributed by atoms with van der Waals surface area (Å²) < 4.78 is 10.4. The highest BCUT2D eigenvalue weighted by Crippen LogP contribution is 2.24. The van der Waals surface area contributed by atoms with Gasteiger partial charge in [0.2, 0.25) is 12.3 Å². The molecule has 7 nitrogen and oxygen atoms in total. The standard InChI is InChI=1S/C18H32N2O5/c1-3-12-24-14-15-25-13-10-19-17(23)7-9-18(4-2,20-16-22)8-5-6-11-21/h1,16,21H,4-15H2,2H3,(H,19,23)(H,20,22). The molecule has 25 heavy (non-hydrogen) atoms. The van der Waals surface area contributed by atoms with E-state index in [4.69, 9.17) is 21.0 Å². The Balaban J connectivity index is 3.97. The van der Waals surface area contributed by atoms with Crippen molar-refractivity contribution in [2.75, 3.05) is 39.6 Å².